The van der Waals surface area contributed by atoms with Crippen LogP contribution in [0.4, 0.5) is 5.69 Å². The monoisotopic (exact) mass is 455 g/mol. The minimum Gasteiger partial charge on any atom is -0.374 e. The van der Waals surface area contributed by atoms with Gasteiger partial charge in [-0.05, 0) is 68.4 Å². The van der Waals surface area contributed by atoms with Gasteiger partial charge in [-0.3, -0.25) is 4.79 Å². The van der Waals surface area contributed by atoms with Gasteiger partial charge in [-0.1, -0.05) is 29.8 Å². The van der Waals surface area contributed by atoms with E-state index >= 15 is 0 Å². The van der Waals surface area contributed by atoms with Gasteiger partial charge in [-0.25, -0.2) is 8.42 Å². The molecule has 0 aliphatic carbocycles. The topological polar surface area (TPSA) is 69.7 Å². The fourth-order valence-electron chi connectivity index (χ4n) is 4.87. The molecule has 0 saturated carbocycles. The third kappa shape index (κ3) is 4.69. The Kier molecular flexibility index (Phi) is 6.58. The maximum Gasteiger partial charge on any atom is 0.243 e. The highest BCUT2D eigenvalue weighted by Gasteiger charge is 2.32. The number of anilines is 1. The number of sulfonamides is 1. The molecule has 0 atom stereocenters. The van der Waals surface area contributed by atoms with E-state index in [0.29, 0.717) is 37.4 Å². The summed E-state index contributed by atoms with van der Waals surface area (Å²) in [6.07, 6.45) is 3.33. The summed E-state index contributed by atoms with van der Waals surface area (Å²) in [5.74, 6) is -0.132. The van der Waals surface area contributed by atoms with Crippen molar-refractivity contribution < 1.29 is 13.2 Å². The van der Waals surface area contributed by atoms with E-state index in [-0.39, 0.29) is 11.8 Å². The Morgan fingerprint density at radius 1 is 1.06 bits per heavy atom. The predicted molar refractivity (Wildman–Crippen MR) is 127 cm³/mol. The van der Waals surface area contributed by atoms with Crippen molar-refractivity contribution in [2.24, 2.45) is 5.92 Å². The second kappa shape index (κ2) is 9.24. The molecule has 0 bridgehead atoms. The Morgan fingerprint density at radius 3 is 2.53 bits per heavy atom. The van der Waals surface area contributed by atoms with Gasteiger partial charge in [0.25, 0.3) is 0 Å². The van der Waals surface area contributed by atoms with E-state index in [9.17, 15) is 13.2 Å². The third-order valence-electron chi connectivity index (χ3n) is 6.73. The number of rotatable bonds is 5. The number of nitrogens with zero attached hydrogens (tertiary/aromatic N) is 2. The Bertz CT molecular complexity index is 1110. The number of piperidine rings is 1. The van der Waals surface area contributed by atoms with Crippen LogP contribution in [0.3, 0.4) is 0 Å². The van der Waals surface area contributed by atoms with Gasteiger partial charge in [-0.15, -0.1) is 0 Å². The molecule has 0 radical (unpaired) electrons. The summed E-state index contributed by atoms with van der Waals surface area (Å²) in [4.78, 5) is 15.4. The third-order valence-corrected chi connectivity index (χ3v) is 8.79. The zero-order valence-electron chi connectivity index (χ0n) is 19.2. The van der Waals surface area contributed by atoms with Crippen molar-refractivity contribution in [3.63, 3.8) is 0 Å². The molecule has 0 spiro atoms. The molecular formula is C25H33N3O3S. The van der Waals surface area contributed by atoms with Gasteiger partial charge < -0.3 is 10.2 Å². The first-order valence-electron chi connectivity index (χ1n) is 11.4. The molecule has 2 heterocycles. The summed E-state index contributed by atoms with van der Waals surface area (Å²) in [6, 6.07) is 11.8. The molecule has 7 heteroatoms. The molecule has 1 saturated heterocycles. The lowest BCUT2D eigenvalue weighted by molar-refractivity contribution is -0.126. The van der Waals surface area contributed by atoms with Crippen molar-refractivity contribution in [1.82, 2.24) is 9.62 Å². The summed E-state index contributed by atoms with van der Waals surface area (Å²) in [5.41, 5.74) is 5.55. The Balaban J connectivity index is 1.33. The van der Waals surface area contributed by atoms with Crippen LogP contribution in [0.1, 0.15) is 41.5 Å². The maximum atomic E-state index is 13.1. The van der Waals surface area contributed by atoms with E-state index < -0.39 is 10.0 Å². The summed E-state index contributed by atoms with van der Waals surface area (Å²) < 4.78 is 27.7. The van der Waals surface area contributed by atoms with E-state index in [1.165, 1.54) is 15.6 Å². The van der Waals surface area contributed by atoms with Gasteiger partial charge >= 0.3 is 0 Å². The first-order valence-corrected chi connectivity index (χ1v) is 12.9. The van der Waals surface area contributed by atoms with E-state index in [4.69, 9.17) is 0 Å². The minimum absolute atomic E-state index is 0.0170. The van der Waals surface area contributed by atoms with E-state index in [1.807, 2.05) is 26.0 Å². The predicted octanol–water partition coefficient (Wildman–Crippen LogP) is 3.40. The highest BCUT2D eigenvalue weighted by atomic mass is 32.2. The molecule has 2 aromatic rings. The Hall–Kier alpha value is -2.38. The number of fused-ring (bicyclic) bond motifs is 1. The normalized spacial score (nSPS) is 17.8. The number of carbonyl (C=O) groups excluding carboxylic acids is 1. The minimum atomic E-state index is -3.53. The van der Waals surface area contributed by atoms with Crippen LogP contribution in [0, 0.1) is 19.8 Å². The molecule has 4 rings (SSSR count). The van der Waals surface area contributed by atoms with Gasteiger partial charge in [-0.2, -0.15) is 4.31 Å². The lowest BCUT2D eigenvalue weighted by atomic mass is 9.96. The van der Waals surface area contributed by atoms with Crippen LogP contribution >= 0.6 is 0 Å². The molecule has 2 aliphatic heterocycles. The zero-order valence-corrected chi connectivity index (χ0v) is 20.0. The van der Waals surface area contributed by atoms with Crippen LogP contribution < -0.4 is 10.2 Å². The van der Waals surface area contributed by atoms with Crippen molar-refractivity contribution in [2.75, 3.05) is 31.6 Å². The molecule has 6 nitrogen and oxygen atoms in total. The fourth-order valence-corrected chi connectivity index (χ4v) is 6.54. The highest BCUT2D eigenvalue weighted by molar-refractivity contribution is 7.89. The van der Waals surface area contributed by atoms with Gasteiger partial charge in [0.15, 0.2) is 0 Å². The molecule has 1 fully saturated rings. The SMILES string of the molecule is Cc1ccc(S(=O)(=O)N2CCC(C(=O)NCc3ccc4c(c3)CCCN4C)CC2)c(C)c1. The average Bonchev–Trinajstić information content (AvgIpc) is 2.77. The van der Waals surface area contributed by atoms with Gasteiger partial charge in [0, 0.05) is 44.8 Å². The van der Waals surface area contributed by atoms with Crippen LogP contribution in [-0.4, -0.2) is 45.3 Å². The second-order valence-corrected chi connectivity index (χ2v) is 11.1. The van der Waals surface area contributed by atoms with E-state index in [1.54, 1.807) is 6.07 Å². The summed E-state index contributed by atoms with van der Waals surface area (Å²) in [6.45, 7) is 6.13. The van der Waals surface area contributed by atoms with Crippen LogP contribution in [-0.2, 0) is 27.8 Å². The standard InChI is InChI=1S/C25H33N3O3S/c1-18-6-9-24(19(2)15-18)32(30,31)28-13-10-21(11-14-28)25(29)26-17-20-7-8-23-22(16-20)5-4-12-27(23)3/h6-9,15-16,21H,4-5,10-14,17H2,1-3H3,(H,26,29). The van der Waals surface area contributed by atoms with Gasteiger partial charge in [0.1, 0.15) is 0 Å². The molecular weight excluding hydrogens is 422 g/mol. The number of benzene rings is 2. The van der Waals surface area contributed by atoms with E-state index in [2.05, 4.69) is 35.5 Å². The smallest absolute Gasteiger partial charge is 0.243 e. The number of carbonyl (C=O) groups is 1. The molecule has 1 N–H and O–H groups in total. The second-order valence-electron chi connectivity index (χ2n) is 9.15. The van der Waals surface area contributed by atoms with Crippen LogP contribution in [0.25, 0.3) is 0 Å². The maximum absolute atomic E-state index is 13.1. The lowest BCUT2D eigenvalue weighted by Crippen LogP contribution is -2.43. The number of hydrogen-bond acceptors (Lipinski definition) is 4. The van der Waals surface area contributed by atoms with Crippen LogP contribution in [0.2, 0.25) is 0 Å². The molecule has 2 aliphatic rings. The molecule has 1 amide bonds. The largest absolute Gasteiger partial charge is 0.374 e. The number of hydrogen-bond donors (Lipinski definition) is 1. The summed E-state index contributed by atoms with van der Waals surface area (Å²) >= 11 is 0. The zero-order chi connectivity index (χ0) is 22.9. The molecule has 2 aromatic carbocycles. The summed E-state index contributed by atoms with van der Waals surface area (Å²) in [5, 5.41) is 3.07. The molecule has 0 aromatic heterocycles. The van der Waals surface area contributed by atoms with Gasteiger partial charge in [0.2, 0.25) is 15.9 Å². The molecule has 0 unspecified atom stereocenters. The first-order chi connectivity index (χ1) is 15.3. The highest BCUT2D eigenvalue weighted by Crippen LogP contribution is 2.28. The van der Waals surface area contributed by atoms with Crippen molar-refractivity contribution in [3.05, 3.63) is 58.7 Å². The molecule has 32 heavy (non-hydrogen) atoms. The molecule has 172 valence electrons. The quantitative estimate of drug-likeness (QED) is 0.750. The van der Waals surface area contributed by atoms with Gasteiger partial charge in [0.05, 0.1) is 4.90 Å². The van der Waals surface area contributed by atoms with Crippen molar-refractivity contribution >= 4 is 21.6 Å². The van der Waals surface area contributed by atoms with Crippen LogP contribution in [0.5, 0.6) is 0 Å². The number of aryl methyl sites for hydroxylation is 3. The van der Waals surface area contributed by atoms with E-state index in [0.717, 1.165) is 36.1 Å². The average molecular weight is 456 g/mol. The lowest BCUT2D eigenvalue weighted by Gasteiger charge is -2.31. The van der Waals surface area contributed by atoms with Crippen LogP contribution in [0.15, 0.2) is 41.3 Å². The number of nitrogens with one attached hydrogen (secondary N) is 1. The Labute approximate surface area is 191 Å². The number of amides is 1. The summed E-state index contributed by atoms with van der Waals surface area (Å²) in [7, 11) is -1.41. The Morgan fingerprint density at radius 2 is 1.81 bits per heavy atom. The van der Waals surface area contributed by atoms with Crippen molar-refractivity contribution in [3.8, 4) is 0 Å². The van der Waals surface area contributed by atoms with Crippen molar-refractivity contribution in [2.45, 2.75) is 51.0 Å². The van der Waals surface area contributed by atoms with Crippen molar-refractivity contribution in [1.29, 1.82) is 0 Å². The fraction of sp³-hybridized carbons (Fsp3) is 0.480. The first kappa shape index (κ1) is 22.8.